The molecule has 1 aliphatic carbocycles. The van der Waals surface area contributed by atoms with Crippen molar-refractivity contribution in [1.29, 1.82) is 0 Å². The number of aromatic nitrogens is 2. The van der Waals surface area contributed by atoms with E-state index < -0.39 is 0 Å². The van der Waals surface area contributed by atoms with Gasteiger partial charge in [-0.3, -0.25) is 10.1 Å². The second-order valence-corrected chi connectivity index (χ2v) is 7.41. The van der Waals surface area contributed by atoms with Gasteiger partial charge in [0.1, 0.15) is 10.8 Å². The van der Waals surface area contributed by atoms with Crippen LogP contribution < -0.4 is 10.1 Å². The third-order valence-electron chi connectivity index (χ3n) is 3.14. The van der Waals surface area contributed by atoms with Crippen LogP contribution in [0.4, 0.5) is 5.13 Å². The molecule has 0 saturated heterocycles. The number of anilines is 1. The summed E-state index contributed by atoms with van der Waals surface area (Å²) in [6, 6.07) is 5.35. The number of nitrogens with one attached hydrogen (secondary N) is 1. The SMILES string of the molecule is CC(C)Oc1cc(Br)ccc1C(=O)Nc1nnc(C2CC2)s1. The quantitative estimate of drug-likeness (QED) is 0.841. The highest BCUT2D eigenvalue weighted by Gasteiger charge is 2.28. The lowest BCUT2D eigenvalue weighted by Gasteiger charge is -2.14. The van der Waals surface area contributed by atoms with Gasteiger partial charge in [-0.05, 0) is 44.9 Å². The molecule has 1 saturated carbocycles. The van der Waals surface area contributed by atoms with Crippen LogP contribution in [0.5, 0.6) is 5.75 Å². The zero-order valence-electron chi connectivity index (χ0n) is 12.3. The molecule has 0 bridgehead atoms. The second kappa shape index (κ2) is 6.34. The van der Waals surface area contributed by atoms with E-state index in [4.69, 9.17) is 4.74 Å². The maximum atomic E-state index is 12.5. The normalized spacial score (nSPS) is 14.2. The van der Waals surface area contributed by atoms with Gasteiger partial charge in [0, 0.05) is 10.4 Å². The van der Waals surface area contributed by atoms with Gasteiger partial charge in [0.15, 0.2) is 0 Å². The van der Waals surface area contributed by atoms with Crippen LogP contribution in [-0.2, 0) is 0 Å². The highest BCUT2D eigenvalue weighted by molar-refractivity contribution is 9.10. The van der Waals surface area contributed by atoms with Crippen LogP contribution in [0.3, 0.4) is 0 Å². The minimum atomic E-state index is -0.235. The summed E-state index contributed by atoms with van der Waals surface area (Å²) >= 11 is 4.84. The number of hydrogen-bond acceptors (Lipinski definition) is 5. The summed E-state index contributed by atoms with van der Waals surface area (Å²) in [6.45, 7) is 3.85. The van der Waals surface area contributed by atoms with E-state index in [1.54, 1.807) is 12.1 Å². The molecule has 7 heteroatoms. The zero-order valence-corrected chi connectivity index (χ0v) is 14.7. The van der Waals surface area contributed by atoms with E-state index in [-0.39, 0.29) is 12.0 Å². The number of nitrogens with zero attached hydrogens (tertiary/aromatic N) is 2. The molecule has 0 aliphatic heterocycles. The number of benzene rings is 1. The second-order valence-electron chi connectivity index (χ2n) is 5.48. The Morgan fingerprint density at radius 2 is 2.18 bits per heavy atom. The number of carbonyl (C=O) groups excluding carboxylic acids is 1. The summed E-state index contributed by atoms with van der Waals surface area (Å²) in [5.74, 6) is 0.853. The molecule has 0 unspecified atom stereocenters. The minimum absolute atomic E-state index is 0.0103. The summed E-state index contributed by atoms with van der Waals surface area (Å²) in [6.07, 6.45) is 2.33. The Kier molecular flexibility index (Phi) is 4.44. The molecule has 0 atom stereocenters. The van der Waals surface area contributed by atoms with E-state index in [0.717, 1.165) is 9.48 Å². The number of hydrogen-bond donors (Lipinski definition) is 1. The summed E-state index contributed by atoms with van der Waals surface area (Å²) in [4.78, 5) is 12.5. The maximum absolute atomic E-state index is 12.5. The van der Waals surface area contributed by atoms with E-state index in [0.29, 0.717) is 22.4 Å². The van der Waals surface area contributed by atoms with E-state index in [1.165, 1.54) is 24.2 Å². The Hall–Kier alpha value is -1.47. The van der Waals surface area contributed by atoms with Gasteiger partial charge < -0.3 is 4.74 Å². The fourth-order valence-corrected chi connectivity index (χ4v) is 3.23. The van der Waals surface area contributed by atoms with Crippen molar-refractivity contribution in [1.82, 2.24) is 10.2 Å². The van der Waals surface area contributed by atoms with Gasteiger partial charge in [0.25, 0.3) is 5.91 Å². The summed E-state index contributed by atoms with van der Waals surface area (Å²) in [5.41, 5.74) is 0.486. The lowest BCUT2D eigenvalue weighted by Crippen LogP contribution is -2.15. The van der Waals surface area contributed by atoms with Crippen molar-refractivity contribution in [3.8, 4) is 5.75 Å². The Balaban J connectivity index is 1.78. The number of carbonyl (C=O) groups is 1. The van der Waals surface area contributed by atoms with Gasteiger partial charge in [0.05, 0.1) is 11.7 Å². The van der Waals surface area contributed by atoms with E-state index in [2.05, 4.69) is 31.4 Å². The van der Waals surface area contributed by atoms with Crippen LogP contribution >= 0.6 is 27.3 Å². The molecule has 1 fully saturated rings. The number of rotatable bonds is 5. The van der Waals surface area contributed by atoms with Crippen molar-refractivity contribution in [3.05, 3.63) is 33.2 Å². The van der Waals surface area contributed by atoms with Crippen LogP contribution in [0.15, 0.2) is 22.7 Å². The van der Waals surface area contributed by atoms with Gasteiger partial charge >= 0.3 is 0 Å². The van der Waals surface area contributed by atoms with Gasteiger partial charge in [0.2, 0.25) is 5.13 Å². The molecule has 0 spiro atoms. The smallest absolute Gasteiger partial charge is 0.261 e. The zero-order chi connectivity index (χ0) is 15.7. The lowest BCUT2D eigenvalue weighted by atomic mass is 10.2. The Morgan fingerprint density at radius 3 is 2.86 bits per heavy atom. The van der Waals surface area contributed by atoms with Crippen molar-refractivity contribution in [2.75, 3.05) is 5.32 Å². The first-order valence-electron chi connectivity index (χ1n) is 7.14. The van der Waals surface area contributed by atoms with Crippen LogP contribution in [0.2, 0.25) is 0 Å². The number of ether oxygens (including phenoxy) is 1. The predicted octanol–water partition coefficient (Wildman–Crippen LogP) is 4.22. The Bertz CT molecular complexity index is 698. The van der Waals surface area contributed by atoms with Crippen LogP contribution in [-0.4, -0.2) is 22.2 Å². The molecule has 1 aromatic carbocycles. The number of amides is 1. The first-order chi connectivity index (χ1) is 10.5. The number of halogens is 1. The molecule has 1 amide bonds. The minimum Gasteiger partial charge on any atom is -0.490 e. The van der Waals surface area contributed by atoms with Gasteiger partial charge in [-0.15, -0.1) is 10.2 Å². The monoisotopic (exact) mass is 381 g/mol. The third-order valence-corrected chi connectivity index (χ3v) is 4.63. The average molecular weight is 382 g/mol. The van der Waals surface area contributed by atoms with Crippen LogP contribution in [0.1, 0.15) is 48.0 Å². The maximum Gasteiger partial charge on any atom is 0.261 e. The van der Waals surface area contributed by atoms with E-state index in [1.807, 2.05) is 19.9 Å². The highest BCUT2D eigenvalue weighted by Crippen LogP contribution is 2.42. The first kappa shape index (κ1) is 15.4. The van der Waals surface area contributed by atoms with Crippen molar-refractivity contribution < 1.29 is 9.53 Å². The van der Waals surface area contributed by atoms with Gasteiger partial charge in [-0.25, -0.2) is 0 Å². The summed E-state index contributed by atoms with van der Waals surface area (Å²) < 4.78 is 6.58. The molecule has 1 aromatic heterocycles. The highest BCUT2D eigenvalue weighted by atomic mass is 79.9. The van der Waals surface area contributed by atoms with Crippen LogP contribution in [0, 0.1) is 0 Å². The summed E-state index contributed by atoms with van der Waals surface area (Å²) in [7, 11) is 0. The average Bonchev–Trinajstić information content (AvgIpc) is 3.19. The van der Waals surface area contributed by atoms with E-state index in [9.17, 15) is 4.79 Å². The Morgan fingerprint density at radius 1 is 1.41 bits per heavy atom. The third kappa shape index (κ3) is 3.64. The molecule has 5 nitrogen and oxygen atoms in total. The molecule has 1 aliphatic rings. The van der Waals surface area contributed by atoms with Crippen molar-refractivity contribution in [2.24, 2.45) is 0 Å². The molecule has 116 valence electrons. The fourth-order valence-electron chi connectivity index (χ4n) is 1.98. The van der Waals surface area contributed by atoms with Crippen molar-refractivity contribution in [2.45, 2.75) is 38.7 Å². The van der Waals surface area contributed by atoms with Crippen molar-refractivity contribution in [3.63, 3.8) is 0 Å². The molecule has 1 heterocycles. The van der Waals surface area contributed by atoms with Crippen molar-refractivity contribution >= 4 is 38.3 Å². The van der Waals surface area contributed by atoms with E-state index >= 15 is 0 Å². The standard InChI is InChI=1S/C15H16BrN3O2S/c1-8(2)21-12-7-10(16)5-6-11(12)13(20)17-15-19-18-14(22-15)9-3-4-9/h5-9H,3-4H2,1-2H3,(H,17,19,20). The fraction of sp³-hybridized carbons (Fsp3) is 0.400. The van der Waals surface area contributed by atoms with Crippen LogP contribution in [0.25, 0.3) is 0 Å². The molecule has 22 heavy (non-hydrogen) atoms. The predicted molar refractivity (Wildman–Crippen MR) is 89.7 cm³/mol. The molecule has 3 rings (SSSR count). The topological polar surface area (TPSA) is 64.1 Å². The Labute approximate surface area is 141 Å². The first-order valence-corrected chi connectivity index (χ1v) is 8.75. The molecular formula is C15H16BrN3O2S. The molecule has 2 aromatic rings. The van der Waals surface area contributed by atoms with Gasteiger partial charge in [-0.2, -0.15) is 0 Å². The molecular weight excluding hydrogens is 366 g/mol. The largest absolute Gasteiger partial charge is 0.490 e. The lowest BCUT2D eigenvalue weighted by molar-refractivity contribution is 0.102. The van der Waals surface area contributed by atoms with Gasteiger partial charge in [-0.1, -0.05) is 27.3 Å². The molecule has 1 N–H and O–H groups in total. The molecule has 0 radical (unpaired) electrons. The summed E-state index contributed by atoms with van der Waals surface area (Å²) in [5, 5.41) is 12.5.